The molecule has 2 aromatic heterocycles. The van der Waals surface area contributed by atoms with Gasteiger partial charge < -0.3 is 15.7 Å². The molecule has 27 heavy (non-hydrogen) atoms. The molecule has 1 fully saturated rings. The van der Waals surface area contributed by atoms with E-state index in [0.717, 1.165) is 10.2 Å². The first-order chi connectivity index (χ1) is 12.9. The van der Waals surface area contributed by atoms with Gasteiger partial charge in [-0.1, -0.05) is 17.9 Å². The smallest absolute Gasteiger partial charge is 0.270 e. The van der Waals surface area contributed by atoms with Gasteiger partial charge in [-0.05, 0) is 29.6 Å². The molecule has 7 nitrogen and oxygen atoms in total. The Morgan fingerprint density at radius 3 is 2.93 bits per heavy atom. The third-order valence-electron chi connectivity index (χ3n) is 4.53. The second kappa shape index (κ2) is 6.23. The number of fused-ring (bicyclic) bond motifs is 1. The summed E-state index contributed by atoms with van der Waals surface area (Å²) in [7, 11) is 1.64. The average Bonchev–Trinajstić information content (AvgIpc) is 3.32. The fourth-order valence-corrected chi connectivity index (χ4v) is 3.93. The number of nitrogens with zero attached hydrogens (tertiary/aromatic N) is 3. The maximum absolute atomic E-state index is 12.0. The van der Waals surface area contributed by atoms with Crippen molar-refractivity contribution in [2.24, 2.45) is 5.73 Å². The topological polar surface area (TPSA) is 101 Å². The Morgan fingerprint density at radius 1 is 1.41 bits per heavy atom. The van der Waals surface area contributed by atoms with E-state index in [4.69, 9.17) is 5.73 Å². The van der Waals surface area contributed by atoms with Gasteiger partial charge in [0.15, 0.2) is 5.69 Å². The van der Waals surface area contributed by atoms with Gasteiger partial charge in [-0.3, -0.25) is 9.59 Å². The Bertz CT molecular complexity index is 1140. The number of likely N-dealkylation sites (tertiary alicyclic amines) is 1. The van der Waals surface area contributed by atoms with Crippen LogP contribution in [0.4, 0.5) is 0 Å². The van der Waals surface area contributed by atoms with Crippen molar-refractivity contribution in [3.63, 3.8) is 0 Å². The fourth-order valence-electron chi connectivity index (χ4n) is 3.06. The van der Waals surface area contributed by atoms with Gasteiger partial charge in [0.05, 0.1) is 15.9 Å². The lowest BCUT2D eigenvalue weighted by atomic mass is 10.0. The lowest BCUT2D eigenvalue weighted by Crippen LogP contribution is -2.37. The SMILES string of the molecule is CN1CC[C@@](O)(C#Cc2cccc(-n3nc(C(N)=O)c4sccc43)c2)C1=O. The highest BCUT2D eigenvalue weighted by atomic mass is 32.1. The molecular formula is C19H16N4O3S. The van der Waals surface area contributed by atoms with Crippen LogP contribution in [0, 0.1) is 11.8 Å². The highest BCUT2D eigenvalue weighted by molar-refractivity contribution is 7.17. The van der Waals surface area contributed by atoms with Crippen LogP contribution in [0.1, 0.15) is 22.5 Å². The second-order valence-electron chi connectivity index (χ2n) is 6.40. The Morgan fingerprint density at radius 2 is 2.22 bits per heavy atom. The molecule has 0 saturated carbocycles. The summed E-state index contributed by atoms with van der Waals surface area (Å²) in [6.45, 7) is 0.476. The maximum Gasteiger partial charge on any atom is 0.270 e. The number of amides is 2. The van der Waals surface area contributed by atoms with Crippen molar-refractivity contribution in [1.82, 2.24) is 14.7 Å². The second-order valence-corrected chi connectivity index (χ2v) is 7.31. The van der Waals surface area contributed by atoms with E-state index in [1.54, 1.807) is 29.9 Å². The number of aliphatic hydroxyl groups is 1. The number of nitrogens with two attached hydrogens (primary N) is 1. The summed E-state index contributed by atoms with van der Waals surface area (Å²) in [5.41, 5.74) is 6.13. The van der Waals surface area contributed by atoms with E-state index in [1.807, 2.05) is 17.5 Å². The zero-order valence-electron chi connectivity index (χ0n) is 14.5. The molecule has 0 radical (unpaired) electrons. The van der Waals surface area contributed by atoms with Crippen LogP contribution < -0.4 is 5.73 Å². The molecule has 1 aromatic carbocycles. The molecule has 1 atom stereocenters. The Kier molecular flexibility index (Phi) is 3.98. The molecule has 3 aromatic rings. The molecular weight excluding hydrogens is 364 g/mol. The summed E-state index contributed by atoms with van der Waals surface area (Å²) in [5.74, 6) is 4.62. The number of thiophene rings is 1. The first-order valence-electron chi connectivity index (χ1n) is 8.27. The highest BCUT2D eigenvalue weighted by Gasteiger charge is 2.42. The number of hydrogen-bond acceptors (Lipinski definition) is 5. The van der Waals surface area contributed by atoms with Crippen LogP contribution in [0.15, 0.2) is 35.7 Å². The first kappa shape index (κ1) is 17.3. The summed E-state index contributed by atoms with van der Waals surface area (Å²) >= 11 is 1.40. The van der Waals surface area contributed by atoms with E-state index in [0.29, 0.717) is 17.8 Å². The van der Waals surface area contributed by atoms with Crippen LogP contribution in [-0.2, 0) is 4.79 Å². The van der Waals surface area contributed by atoms with E-state index >= 15 is 0 Å². The minimum absolute atomic E-state index is 0.227. The summed E-state index contributed by atoms with van der Waals surface area (Å²) in [6.07, 6.45) is 0.283. The minimum Gasteiger partial charge on any atom is -0.369 e. The van der Waals surface area contributed by atoms with Gasteiger partial charge in [-0.25, -0.2) is 4.68 Å². The van der Waals surface area contributed by atoms with E-state index in [-0.39, 0.29) is 18.0 Å². The Hall–Kier alpha value is -3.15. The molecule has 0 unspecified atom stereocenters. The number of benzene rings is 1. The van der Waals surface area contributed by atoms with Gasteiger partial charge in [0.2, 0.25) is 5.60 Å². The predicted molar refractivity (Wildman–Crippen MR) is 102 cm³/mol. The van der Waals surface area contributed by atoms with Crippen molar-refractivity contribution in [3.05, 3.63) is 47.0 Å². The molecule has 0 aliphatic carbocycles. The first-order valence-corrected chi connectivity index (χ1v) is 9.14. The van der Waals surface area contributed by atoms with Crippen molar-refractivity contribution in [3.8, 4) is 17.5 Å². The predicted octanol–water partition coefficient (Wildman–Crippen LogP) is 1.13. The largest absolute Gasteiger partial charge is 0.369 e. The Balaban J connectivity index is 1.73. The molecule has 3 N–H and O–H groups in total. The number of primary amides is 1. The molecule has 1 aliphatic rings. The fraction of sp³-hybridized carbons (Fsp3) is 0.211. The van der Waals surface area contributed by atoms with Crippen molar-refractivity contribution < 1.29 is 14.7 Å². The molecule has 1 saturated heterocycles. The minimum atomic E-state index is -1.64. The molecule has 4 rings (SSSR count). The molecule has 0 spiro atoms. The summed E-state index contributed by atoms with van der Waals surface area (Å²) in [4.78, 5) is 25.1. The van der Waals surface area contributed by atoms with Crippen LogP contribution in [0.25, 0.3) is 15.9 Å². The van der Waals surface area contributed by atoms with E-state index in [2.05, 4.69) is 16.9 Å². The van der Waals surface area contributed by atoms with Gasteiger partial charge in [-0.15, -0.1) is 11.3 Å². The van der Waals surface area contributed by atoms with Gasteiger partial charge in [0.1, 0.15) is 0 Å². The van der Waals surface area contributed by atoms with Gasteiger partial charge >= 0.3 is 0 Å². The Labute approximate surface area is 159 Å². The normalized spacial score (nSPS) is 19.3. The standard InChI is InChI=1S/C19H16N4O3S/c1-22-9-8-19(26,18(22)25)7-5-12-3-2-4-13(11-12)23-14-6-10-27-16(14)15(21-23)17(20)24/h2-4,6,10-11,26H,8-9H2,1H3,(H2,20,24)/t19-/m0/s1. The number of hydrogen-bond donors (Lipinski definition) is 2. The lowest BCUT2D eigenvalue weighted by Gasteiger charge is -2.13. The summed E-state index contributed by atoms with van der Waals surface area (Å²) < 4.78 is 2.37. The molecule has 0 bridgehead atoms. The van der Waals surface area contributed by atoms with Crippen LogP contribution in [0.2, 0.25) is 0 Å². The monoisotopic (exact) mass is 380 g/mol. The zero-order chi connectivity index (χ0) is 19.2. The van der Waals surface area contributed by atoms with Crippen molar-refractivity contribution in [1.29, 1.82) is 0 Å². The van der Waals surface area contributed by atoms with E-state index < -0.39 is 11.5 Å². The maximum atomic E-state index is 12.0. The number of likely N-dealkylation sites (N-methyl/N-ethyl adjacent to an activating group) is 1. The van der Waals surface area contributed by atoms with E-state index in [1.165, 1.54) is 16.2 Å². The molecule has 2 amide bonds. The van der Waals surface area contributed by atoms with Crippen molar-refractivity contribution in [2.75, 3.05) is 13.6 Å². The summed E-state index contributed by atoms with van der Waals surface area (Å²) in [5, 5.41) is 16.6. The van der Waals surface area contributed by atoms with Crippen molar-refractivity contribution >= 4 is 33.4 Å². The van der Waals surface area contributed by atoms with Crippen LogP contribution in [0.5, 0.6) is 0 Å². The molecule has 1 aliphatic heterocycles. The quantitative estimate of drug-likeness (QED) is 0.651. The van der Waals surface area contributed by atoms with Crippen LogP contribution in [-0.4, -0.2) is 50.8 Å². The third-order valence-corrected chi connectivity index (χ3v) is 5.45. The number of carbonyl (C=O) groups is 2. The van der Waals surface area contributed by atoms with Crippen LogP contribution >= 0.6 is 11.3 Å². The molecule has 136 valence electrons. The molecule has 8 heteroatoms. The number of aromatic nitrogens is 2. The third kappa shape index (κ3) is 2.87. The van der Waals surface area contributed by atoms with E-state index in [9.17, 15) is 14.7 Å². The average molecular weight is 380 g/mol. The van der Waals surface area contributed by atoms with Gasteiger partial charge in [0, 0.05) is 25.6 Å². The van der Waals surface area contributed by atoms with Crippen LogP contribution in [0.3, 0.4) is 0 Å². The summed E-state index contributed by atoms with van der Waals surface area (Å²) in [6, 6.07) is 9.08. The van der Waals surface area contributed by atoms with Crippen molar-refractivity contribution in [2.45, 2.75) is 12.0 Å². The highest BCUT2D eigenvalue weighted by Crippen LogP contribution is 2.27. The number of carbonyl (C=O) groups excluding carboxylic acids is 2. The zero-order valence-corrected chi connectivity index (χ0v) is 15.3. The van der Waals surface area contributed by atoms with Gasteiger partial charge in [-0.2, -0.15) is 5.10 Å². The number of rotatable bonds is 2. The lowest BCUT2D eigenvalue weighted by molar-refractivity contribution is -0.137. The van der Waals surface area contributed by atoms with Gasteiger partial charge in [0.25, 0.3) is 11.8 Å². The molecule has 3 heterocycles.